The number of pyridine rings is 1. The van der Waals surface area contributed by atoms with Gasteiger partial charge in [-0.15, -0.1) is 0 Å². The highest BCUT2D eigenvalue weighted by atomic mass is 16.1. The Labute approximate surface area is 100 Å². The van der Waals surface area contributed by atoms with Crippen LogP contribution in [0.15, 0.2) is 36.4 Å². The Bertz CT molecular complexity index is 555. The van der Waals surface area contributed by atoms with Crippen molar-refractivity contribution in [2.75, 3.05) is 18.0 Å². The smallest absolute Gasteiger partial charge is 0.136 e. The van der Waals surface area contributed by atoms with E-state index in [1.165, 1.54) is 0 Å². The Morgan fingerprint density at radius 3 is 2.59 bits per heavy atom. The number of carbonyl (C=O) groups is 1. The minimum atomic E-state index is 0.363. The maximum Gasteiger partial charge on any atom is 0.136 e. The fourth-order valence-corrected chi connectivity index (χ4v) is 2.22. The Hall–Kier alpha value is -1.90. The van der Waals surface area contributed by atoms with Crippen LogP contribution in [0.5, 0.6) is 0 Å². The topological polar surface area (TPSA) is 33.2 Å². The summed E-state index contributed by atoms with van der Waals surface area (Å²) in [6.45, 7) is 1.59. The van der Waals surface area contributed by atoms with Gasteiger partial charge in [-0.1, -0.05) is 18.2 Å². The molecule has 1 fully saturated rings. The minimum Gasteiger partial charge on any atom is -0.356 e. The first kappa shape index (κ1) is 10.3. The van der Waals surface area contributed by atoms with Gasteiger partial charge in [0.15, 0.2) is 0 Å². The number of piperidine rings is 1. The van der Waals surface area contributed by atoms with Crippen molar-refractivity contribution in [3.8, 4) is 0 Å². The SMILES string of the molecule is O=C1CCN(c2ccc3ccccc3n2)CC1. The molecule has 0 N–H and O–H groups in total. The standard InChI is InChI=1S/C14H14N2O/c17-12-7-9-16(10-8-12)14-6-5-11-3-1-2-4-13(11)15-14/h1-6H,7-10H2. The molecule has 1 aliphatic heterocycles. The number of hydrogen-bond acceptors (Lipinski definition) is 3. The maximum absolute atomic E-state index is 11.2. The van der Waals surface area contributed by atoms with Crippen LogP contribution in [0, 0.1) is 0 Å². The van der Waals surface area contributed by atoms with Crippen LogP contribution in [0.1, 0.15) is 12.8 Å². The van der Waals surface area contributed by atoms with E-state index >= 15 is 0 Å². The minimum absolute atomic E-state index is 0.363. The summed E-state index contributed by atoms with van der Waals surface area (Å²) in [5.74, 6) is 1.35. The summed E-state index contributed by atoms with van der Waals surface area (Å²) >= 11 is 0. The van der Waals surface area contributed by atoms with E-state index in [9.17, 15) is 4.79 Å². The number of fused-ring (bicyclic) bond motifs is 1. The fourth-order valence-electron chi connectivity index (χ4n) is 2.22. The van der Waals surface area contributed by atoms with Gasteiger partial charge in [-0.2, -0.15) is 0 Å². The molecule has 0 aliphatic carbocycles. The van der Waals surface area contributed by atoms with E-state index in [0.717, 1.165) is 29.8 Å². The van der Waals surface area contributed by atoms with Gasteiger partial charge in [0.25, 0.3) is 0 Å². The Balaban J connectivity index is 1.92. The predicted molar refractivity (Wildman–Crippen MR) is 68.2 cm³/mol. The molecule has 0 atom stereocenters. The van der Waals surface area contributed by atoms with Crippen molar-refractivity contribution in [3.63, 3.8) is 0 Å². The highest BCUT2D eigenvalue weighted by molar-refractivity contribution is 5.82. The highest BCUT2D eigenvalue weighted by Crippen LogP contribution is 2.20. The highest BCUT2D eigenvalue weighted by Gasteiger charge is 2.17. The number of para-hydroxylation sites is 1. The molecule has 0 saturated carbocycles. The van der Waals surface area contributed by atoms with Crippen molar-refractivity contribution >= 4 is 22.5 Å². The zero-order valence-electron chi connectivity index (χ0n) is 9.60. The third kappa shape index (κ3) is 2.00. The molecule has 0 radical (unpaired) electrons. The van der Waals surface area contributed by atoms with Crippen LogP contribution in [-0.4, -0.2) is 23.9 Å². The van der Waals surface area contributed by atoms with Gasteiger partial charge in [0.2, 0.25) is 0 Å². The summed E-state index contributed by atoms with van der Waals surface area (Å²) in [5.41, 5.74) is 1.02. The van der Waals surface area contributed by atoms with Crippen LogP contribution in [0.25, 0.3) is 10.9 Å². The van der Waals surface area contributed by atoms with Gasteiger partial charge in [0.1, 0.15) is 11.6 Å². The molecule has 0 spiro atoms. The number of aromatic nitrogens is 1. The van der Waals surface area contributed by atoms with Crippen LogP contribution >= 0.6 is 0 Å². The Morgan fingerprint density at radius 1 is 1.00 bits per heavy atom. The van der Waals surface area contributed by atoms with Gasteiger partial charge in [0.05, 0.1) is 5.52 Å². The van der Waals surface area contributed by atoms with Gasteiger partial charge in [-0.3, -0.25) is 4.79 Å². The average Bonchev–Trinajstić information content (AvgIpc) is 2.39. The first-order valence-corrected chi connectivity index (χ1v) is 5.95. The number of nitrogens with zero attached hydrogens (tertiary/aromatic N) is 2. The summed E-state index contributed by atoms with van der Waals surface area (Å²) in [6, 6.07) is 12.2. The van der Waals surface area contributed by atoms with Gasteiger partial charge in [-0.25, -0.2) is 4.98 Å². The number of ketones is 1. The van der Waals surface area contributed by atoms with E-state index < -0.39 is 0 Å². The number of hydrogen-bond donors (Lipinski definition) is 0. The molecule has 1 saturated heterocycles. The van der Waals surface area contributed by atoms with E-state index in [2.05, 4.69) is 22.0 Å². The number of carbonyl (C=O) groups excluding carboxylic acids is 1. The second-order valence-electron chi connectivity index (χ2n) is 4.39. The molecule has 86 valence electrons. The van der Waals surface area contributed by atoms with Gasteiger partial charge < -0.3 is 4.90 Å². The Kier molecular flexibility index (Phi) is 2.52. The van der Waals surface area contributed by atoms with Crippen molar-refractivity contribution in [1.29, 1.82) is 0 Å². The molecule has 2 aromatic rings. The van der Waals surface area contributed by atoms with Gasteiger partial charge in [0, 0.05) is 31.3 Å². The second kappa shape index (κ2) is 4.17. The lowest BCUT2D eigenvalue weighted by atomic mass is 10.1. The molecule has 0 bridgehead atoms. The lowest BCUT2D eigenvalue weighted by molar-refractivity contribution is -0.119. The molecule has 17 heavy (non-hydrogen) atoms. The van der Waals surface area contributed by atoms with Gasteiger partial charge in [-0.05, 0) is 18.2 Å². The summed E-state index contributed by atoms with van der Waals surface area (Å²) in [5, 5.41) is 1.16. The lowest BCUT2D eigenvalue weighted by Gasteiger charge is -2.27. The molecule has 0 amide bonds. The molecule has 3 nitrogen and oxygen atoms in total. The van der Waals surface area contributed by atoms with E-state index in [1.54, 1.807) is 0 Å². The molecule has 3 rings (SSSR count). The van der Waals surface area contributed by atoms with Crippen molar-refractivity contribution in [2.45, 2.75) is 12.8 Å². The zero-order chi connectivity index (χ0) is 11.7. The van der Waals surface area contributed by atoms with Crippen LogP contribution in [-0.2, 0) is 4.79 Å². The monoisotopic (exact) mass is 226 g/mol. The second-order valence-corrected chi connectivity index (χ2v) is 4.39. The third-order valence-electron chi connectivity index (χ3n) is 3.23. The predicted octanol–water partition coefficient (Wildman–Crippen LogP) is 2.40. The van der Waals surface area contributed by atoms with Gasteiger partial charge >= 0.3 is 0 Å². The summed E-state index contributed by atoms with van der Waals surface area (Å²) in [7, 11) is 0. The summed E-state index contributed by atoms with van der Waals surface area (Å²) in [4.78, 5) is 18.0. The van der Waals surface area contributed by atoms with Crippen molar-refractivity contribution in [1.82, 2.24) is 4.98 Å². The van der Waals surface area contributed by atoms with E-state index in [-0.39, 0.29) is 0 Å². The fraction of sp³-hybridized carbons (Fsp3) is 0.286. The lowest BCUT2D eigenvalue weighted by Crippen LogP contribution is -2.34. The molecular formula is C14H14N2O. The van der Waals surface area contributed by atoms with Crippen molar-refractivity contribution in [3.05, 3.63) is 36.4 Å². The number of rotatable bonds is 1. The van der Waals surface area contributed by atoms with E-state index in [1.807, 2.05) is 24.3 Å². The molecule has 0 unspecified atom stereocenters. The molecular weight excluding hydrogens is 212 g/mol. The number of anilines is 1. The molecule has 1 aromatic heterocycles. The first-order valence-electron chi connectivity index (χ1n) is 5.95. The molecule has 2 heterocycles. The average molecular weight is 226 g/mol. The zero-order valence-corrected chi connectivity index (χ0v) is 9.60. The van der Waals surface area contributed by atoms with Crippen LogP contribution < -0.4 is 4.90 Å². The van der Waals surface area contributed by atoms with Crippen molar-refractivity contribution in [2.24, 2.45) is 0 Å². The summed E-state index contributed by atoms with van der Waals surface area (Å²) < 4.78 is 0. The first-order chi connectivity index (χ1) is 8.33. The molecule has 1 aliphatic rings. The van der Waals surface area contributed by atoms with E-state index in [0.29, 0.717) is 18.6 Å². The summed E-state index contributed by atoms with van der Waals surface area (Å²) in [6.07, 6.45) is 1.29. The molecule has 1 aromatic carbocycles. The third-order valence-corrected chi connectivity index (χ3v) is 3.23. The van der Waals surface area contributed by atoms with E-state index in [4.69, 9.17) is 0 Å². The van der Waals surface area contributed by atoms with Crippen LogP contribution in [0.2, 0.25) is 0 Å². The van der Waals surface area contributed by atoms with Crippen LogP contribution in [0.3, 0.4) is 0 Å². The Morgan fingerprint density at radius 2 is 1.76 bits per heavy atom. The number of benzene rings is 1. The molecule has 3 heteroatoms. The quantitative estimate of drug-likeness (QED) is 0.748. The normalized spacial score (nSPS) is 16.5. The maximum atomic E-state index is 11.2. The largest absolute Gasteiger partial charge is 0.356 e. The van der Waals surface area contributed by atoms with Crippen molar-refractivity contribution < 1.29 is 4.79 Å². The van der Waals surface area contributed by atoms with Crippen LogP contribution in [0.4, 0.5) is 5.82 Å². The number of Topliss-reactive ketones (excluding diaryl/α,β-unsaturated/α-hetero) is 1.